The summed E-state index contributed by atoms with van der Waals surface area (Å²) in [6.45, 7) is 4.00. The van der Waals surface area contributed by atoms with Crippen LogP contribution in [0.3, 0.4) is 0 Å². The molecule has 0 aliphatic carbocycles. The van der Waals surface area contributed by atoms with Gasteiger partial charge in [-0.15, -0.1) is 0 Å². The average Bonchev–Trinajstić information content (AvgIpc) is 2.21. The minimum absolute atomic E-state index is 0.278. The van der Waals surface area contributed by atoms with E-state index in [0.717, 1.165) is 5.69 Å². The van der Waals surface area contributed by atoms with Crippen molar-refractivity contribution < 1.29 is 4.92 Å². The SMILES string of the molecule is CC.CNc1ccccc1.[I][V]([I])[I]. The van der Waals surface area contributed by atoms with Gasteiger partial charge in [0.2, 0.25) is 0 Å². The molecule has 0 saturated heterocycles. The van der Waals surface area contributed by atoms with Crippen LogP contribution in [0.2, 0.25) is 0 Å². The van der Waals surface area contributed by atoms with Crippen molar-refractivity contribution in [2.24, 2.45) is 0 Å². The Morgan fingerprint density at radius 2 is 1.36 bits per heavy atom. The van der Waals surface area contributed by atoms with E-state index in [-0.39, 0.29) is 4.92 Å². The van der Waals surface area contributed by atoms with Crippen LogP contribution in [0.1, 0.15) is 13.8 Å². The van der Waals surface area contributed by atoms with Crippen molar-refractivity contribution in [2.75, 3.05) is 12.4 Å². The molecule has 0 fully saturated rings. The molecule has 1 aromatic rings. The first-order chi connectivity index (χ1) is 6.66. The molecule has 0 saturated carbocycles. The van der Waals surface area contributed by atoms with Crippen molar-refractivity contribution in [2.45, 2.75) is 13.8 Å². The van der Waals surface area contributed by atoms with E-state index >= 15 is 0 Å². The zero-order chi connectivity index (χ0) is 11.4. The van der Waals surface area contributed by atoms with Gasteiger partial charge in [0, 0.05) is 12.7 Å². The Morgan fingerprint density at radius 3 is 1.57 bits per heavy atom. The first kappa shape index (κ1) is 18.2. The summed E-state index contributed by atoms with van der Waals surface area (Å²) in [5, 5.41) is 3.03. The quantitative estimate of drug-likeness (QED) is 0.447. The summed E-state index contributed by atoms with van der Waals surface area (Å²) in [5.74, 6) is 0. The summed E-state index contributed by atoms with van der Waals surface area (Å²) in [7, 11) is 1.91. The number of para-hydroxylation sites is 1. The molecule has 82 valence electrons. The van der Waals surface area contributed by atoms with E-state index in [1.54, 1.807) is 0 Å². The fraction of sp³-hybridized carbons (Fsp3) is 0.333. The number of halogens is 3. The molecule has 0 amide bonds. The molecular formula is C9H15I3NV. The molecule has 1 aromatic carbocycles. The summed E-state index contributed by atoms with van der Waals surface area (Å²) >= 11 is 7.39. The predicted molar refractivity (Wildman–Crippen MR) is 89.4 cm³/mol. The van der Waals surface area contributed by atoms with Crippen molar-refractivity contribution in [1.82, 2.24) is 0 Å². The molecule has 0 atom stereocenters. The Bertz CT molecular complexity index is 192. The van der Waals surface area contributed by atoms with Gasteiger partial charge >= 0.3 is 64.9 Å². The third-order valence-corrected chi connectivity index (χ3v) is 1.06. The van der Waals surface area contributed by atoms with E-state index in [4.69, 9.17) is 0 Å². The van der Waals surface area contributed by atoms with Gasteiger partial charge in [0.15, 0.2) is 0 Å². The van der Waals surface area contributed by atoms with Crippen molar-refractivity contribution in [3.8, 4) is 0 Å². The van der Waals surface area contributed by atoms with E-state index in [1.165, 1.54) is 0 Å². The van der Waals surface area contributed by atoms with Crippen molar-refractivity contribution in [1.29, 1.82) is 0 Å². The molecule has 14 heavy (non-hydrogen) atoms. The van der Waals surface area contributed by atoms with Gasteiger partial charge in [0.25, 0.3) is 0 Å². The van der Waals surface area contributed by atoms with E-state index in [1.807, 2.05) is 51.2 Å². The number of anilines is 1. The molecule has 0 heterocycles. The zero-order valence-electron chi connectivity index (χ0n) is 8.47. The van der Waals surface area contributed by atoms with Crippen LogP contribution in [-0.2, 0) is 4.92 Å². The Morgan fingerprint density at radius 1 is 1.00 bits per heavy atom. The van der Waals surface area contributed by atoms with Crippen molar-refractivity contribution in [3.05, 3.63) is 30.3 Å². The first-order valence-electron chi connectivity index (χ1n) is 4.17. The fourth-order valence-corrected chi connectivity index (χ4v) is 0.605. The van der Waals surface area contributed by atoms with Gasteiger partial charge in [-0.25, -0.2) is 0 Å². The van der Waals surface area contributed by atoms with Gasteiger partial charge in [-0.1, -0.05) is 32.0 Å². The number of benzene rings is 1. The average molecular weight is 569 g/mol. The molecule has 0 aliphatic heterocycles. The van der Waals surface area contributed by atoms with Crippen LogP contribution in [0, 0.1) is 0 Å². The molecule has 1 rings (SSSR count). The van der Waals surface area contributed by atoms with Gasteiger partial charge in [-0.3, -0.25) is 0 Å². The van der Waals surface area contributed by atoms with Crippen LogP contribution in [0.15, 0.2) is 30.3 Å². The first-order valence-corrected chi connectivity index (χ1v) is 17.7. The number of hydrogen-bond acceptors (Lipinski definition) is 1. The van der Waals surface area contributed by atoms with Crippen LogP contribution in [-0.4, -0.2) is 7.05 Å². The summed E-state index contributed by atoms with van der Waals surface area (Å²) in [6.07, 6.45) is 0. The predicted octanol–water partition coefficient (Wildman–Crippen LogP) is 5.41. The molecule has 5 heteroatoms. The van der Waals surface area contributed by atoms with Crippen molar-refractivity contribution >= 4 is 65.6 Å². The minimum atomic E-state index is -0.278. The Kier molecular flexibility index (Phi) is 19.2. The van der Waals surface area contributed by atoms with Crippen LogP contribution < -0.4 is 5.32 Å². The number of nitrogens with one attached hydrogen (secondary N) is 1. The van der Waals surface area contributed by atoms with Gasteiger partial charge in [-0.05, 0) is 12.1 Å². The second-order valence-corrected chi connectivity index (χ2v) is 37.2. The van der Waals surface area contributed by atoms with Gasteiger partial charge in [0.1, 0.15) is 0 Å². The molecule has 1 N–H and O–H groups in total. The maximum atomic E-state index is 3.03. The monoisotopic (exact) mass is 569 g/mol. The topological polar surface area (TPSA) is 12.0 Å². The van der Waals surface area contributed by atoms with Crippen LogP contribution in [0.5, 0.6) is 0 Å². The van der Waals surface area contributed by atoms with E-state index in [2.05, 4.69) is 65.3 Å². The molecule has 0 bridgehead atoms. The van der Waals surface area contributed by atoms with E-state index in [0.29, 0.717) is 0 Å². The molecule has 0 spiro atoms. The summed E-state index contributed by atoms with van der Waals surface area (Å²) in [4.78, 5) is -0.278. The van der Waals surface area contributed by atoms with Crippen molar-refractivity contribution in [3.63, 3.8) is 0 Å². The standard InChI is InChI=1S/C7H9N.C2H6.3HI.V/c1-8-7-5-3-2-4-6-7;1-2;;;;/h2-6,8H,1H3;1-2H3;3*1H;/q;;;;;+3/p-3. The second kappa shape index (κ2) is 14.8. The van der Waals surface area contributed by atoms with Crippen LogP contribution in [0.25, 0.3) is 0 Å². The summed E-state index contributed by atoms with van der Waals surface area (Å²) in [5.41, 5.74) is 1.16. The van der Waals surface area contributed by atoms with Crippen LogP contribution >= 0.6 is 59.9 Å². The summed E-state index contributed by atoms with van der Waals surface area (Å²) < 4.78 is 0. The molecule has 0 radical (unpaired) electrons. The van der Waals surface area contributed by atoms with Crippen LogP contribution in [0.4, 0.5) is 5.69 Å². The molecule has 0 aromatic heterocycles. The third kappa shape index (κ3) is 16.2. The molecule has 0 aliphatic rings. The Balaban J connectivity index is 0. The number of hydrogen-bond donors (Lipinski definition) is 1. The fourth-order valence-electron chi connectivity index (χ4n) is 0.605. The maximum absolute atomic E-state index is 3.03. The Hall–Kier alpha value is 1.79. The summed E-state index contributed by atoms with van der Waals surface area (Å²) in [6, 6.07) is 10.1. The molecular weight excluding hydrogens is 554 g/mol. The Labute approximate surface area is 125 Å². The van der Waals surface area contributed by atoms with Gasteiger partial charge in [-0.2, -0.15) is 0 Å². The molecule has 0 unspecified atom stereocenters. The van der Waals surface area contributed by atoms with Gasteiger partial charge in [0.05, 0.1) is 0 Å². The third-order valence-electron chi connectivity index (χ3n) is 1.06. The number of rotatable bonds is 1. The van der Waals surface area contributed by atoms with Gasteiger partial charge < -0.3 is 5.32 Å². The normalized spacial score (nSPS) is 7.93. The van der Waals surface area contributed by atoms with E-state index in [9.17, 15) is 0 Å². The molecule has 1 nitrogen and oxygen atoms in total. The second-order valence-electron chi connectivity index (χ2n) is 1.81. The van der Waals surface area contributed by atoms with E-state index < -0.39 is 0 Å². The zero-order valence-corrected chi connectivity index (χ0v) is 16.3.